The van der Waals surface area contributed by atoms with Crippen LogP contribution in [0, 0.1) is 5.92 Å². The van der Waals surface area contributed by atoms with Crippen LogP contribution in [0.3, 0.4) is 0 Å². The molecule has 0 radical (unpaired) electrons. The van der Waals surface area contributed by atoms with Gasteiger partial charge in [0.1, 0.15) is 5.76 Å². The number of urea groups is 1. The molecule has 0 spiro atoms. The summed E-state index contributed by atoms with van der Waals surface area (Å²) in [5.74, 6) is 1.32. The molecule has 5 heterocycles. The zero-order valence-corrected chi connectivity index (χ0v) is 14.3. The Bertz CT molecular complexity index is 689. The number of nitrogens with one attached hydrogen (secondary N) is 1. The summed E-state index contributed by atoms with van der Waals surface area (Å²) >= 11 is 0. The molecule has 2 atom stereocenters. The molecule has 3 aliphatic heterocycles. The molecule has 6 heteroatoms. The second-order valence-corrected chi connectivity index (χ2v) is 6.99. The number of carbonyl (C=O) groups excluding carboxylic acids is 1. The molecule has 0 aromatic carbocycles. The van der Waals surface area contributed by atoms with Crippen LogP contribution in [0.5, 0.6) is 0 Å². The smallest absolute Gasteiger partial charge is 0.317 e. The van der Waals surface area contributed by atoms with E-state index in [-0.39, 0.29) is 6.03 Å². The van der Waals surface area contributed by atoms with E-state index >= 15 is 0 Å². The van der Waals surface area contributed by atoms with Crippen molar-refractivity contribution in [1.82, 2.24) is 20.1 Å². The molecule has 2 aromatic rings. The molecule has 3 aliphatic rings. The summed E-state index contributed by atoms with van der Waals surface area (Å²) in [6, 6.07) is 10.2. The average Bonchev–Trinajstić information content (AvgIpc) is 3.00. The summed E-state index contributed by atoms with van der Waals surface area (Å²) in [6.07, 6.45) is 5.83. The first kappa shape index (κ1) is 16.1. The van der Waals surface area contributed by atoms with Gasteiger partial charge in [0.25, 0.3) is 0 Å². The Kier molecular flexibility index (Phi) is 4.70. The molecule has 2 aromatic heterocycles. The van der Waals surface area contributed by atoms with Crippen LogP contribution >= 0.6 is 0 Å². The van der Waals surface area contributed by atoms with Gasteiger partial charge in [0.05, 0.1) is 18.5 Å². The quantitative estimate of drug-likeness (QED) is 0.929. The second kappa shape index (κ2) is 7.27. The summed E-state index contributed by atoms with van der Waals surface area (Å²) < 4.78 is 5.29. The number of amides is 2. The first-order valence-corrected chi connectivity index (χ1v) is 8.97. The fraction of sp³-hybridized carbons (Fsp3) is 0.474. The molecule has 132 valence electrons. The highest BCUT2D eigenvalue weighted by molar-refractivity contribution is 5.74. The lowest BCUT2D eigenvalue weighted by Crippen LogP contribution is -2.45. The Hall–Kier alpha value is -2.34. The third-order valence-corrected chi connectivity index (χ3v) is 5.20. The highest BCUT2D eigenvalue weighted by Gasteiger charge is 2.36. The van der Waals surface area contributed by atoms with Crippen LogP contribution in [0.15, 0.2) is 47.2 Å². The van der Waals surface area contributed by atoms with Gasteiger partial charge in [0, 0.05) is 38.4 Å². The zero-order valence-electron chi connectivity index (χ0n) is 14.3. The number of nitrogens with zero attached hydrogens (tertiary/aromatic N) is 3. The van der Waals surface area contributed by atoms with Crippen molar-refractivity contribution in [3.8, 4) is 0 Å². The molecule has 0 saturated carbocycles. The summed E-state index contributed by atoms with van der Waals surface area (Å²) in [6.45, 7) is 3.97. The third-order valence-electron chi connectivity index (χ3n) is 5.20. The molecular formula is C19H24N4O2. The Morgan fingerprint density at radius 3 is 2.96 bits per heavy atom. The van der Waals surface area contributed by atoms with E-state index in [1.807, 2.05) is 35.4 Å². The maximum absolute atomic E-state index is 12.6. The Morgan fingerprint density at radius 1 is 1.20 bits per heavy atom. The van der Waals surface area contributed by atoms with Crippen molar-refractivity contribution in [2.75, 3.05) is 19.6 Å². The summed E-state index contributed by atoms with van der Waals surface area (Å²) in [4.78, 5) is 21.5. The van der Waals surface area contributed by atoms with E-state index in [1.165, 1.54) is 6.42 Å². The Balaban J connectivity index is 1.38. The zero-order chi connectivity index (χ0) is 17.1. The van der Waals surface area contributed by atoms with Crippen molar-refractivity contribution in [2.24, 2.45) is 5.92 Å². The third kappa shape index (κ3) is 3.85. The van der Waals surface area contributed by atoms with E-state index in [4.69, 9.17) is 4.42 Å². The summed E-state index contributed by atoms with van der Waals surface area (Å²) in [5, 5.41) is 2.98. The minimum Gasteiger partial charge on any atom is -0.467 e. The SMILES string of the molecule is O=C(NCc1ccco1)N1C[C@@H]2CC[C@H](C1)N(Cc1ccccn1)C2. The number of fused-ring (bicyclic) bond motifs is 4. The number of pyridine rings is 1. The highest BCUT2D eigenvalue weighted by atomic mass is 16.3. The number of hydrogen-bond acceptors (Lipinski definition) is 4. The van der Waals surface area contributed by atoms with Gasteiger partial charge in [-0.1, -0.05) is 6.07 Å². The van der Waals surface area contributed by atoms with Gasteiger partial charge in [-0.3, -0.25) is 9.88 Å². The normalized spacial score (nSPS) is 23.4. The van der Waals surface area contributed by atoms with Crippen LogP contribution in [-0.4, -0.2) is 46.5 Å². The fourth-order valence-electron chi connectivity index (χ4n) is 3.93. The topological polar surface area (TPSA) is 61.6 Å². The maximum Gasteiger partial charge on any atom is 0.317 e. The monoisotopic (exact) mass is 340 g/mol. The minimum absolute atomic E-state index is 0.00739. The van der Waals surface area contributed by atoms with Gasteiger partial charge in [-0.05, 0) is 43.0 Å². The lowest BCUT2D eigenvalue weighted by molar-refractivity contribution is 0.122. The number of carbonyl (C=O) groups is 1. The first-order valence-electron chi connectivity index (χ1n) is 8.97. The van der Waals surface area contributed by atoms with E-state index < -0.39 is 0 Å². The molecule has 0 aliphatic carbocycles. The van der Waals surface area contributed by atoms with Crippen molar-refractivity contribution in [2.45, 2.75) is 32.0 Å². The van der Waals surface area contributed by atoms with Gasteiger partial charge in [0.2, 0.25) is 0 Å². The minimum atomic E-state index is 0.00739. The van der Waals surface area contributed by atoms with Crippen LogP contribution in [0.1, 0.15) is 24.3 Å². The Labute approximate surface area is 147 Å². The van der Waals surface area contributed by atoms with Crippen LogP contribution in [-0.2, 0) is 13.1 Å². The number of aromatic nitrogens is 1. The predicted molar refractivity (Wildman–Crippen MR) is 93.7 cm³/mol. The van der Waals surface area contributed by atoms with Gasteiger partial charge in [-0.2, -0.15) is 0 Å². The van der Waals surface area contributed by atoms with Gasteiger partial charge in [-0.25, -0.2) is 4.79 Å². The van der Waals surface area contributed by atoms with Gasteiger partial charge >= 0.3 is 6.03 Å². The van der Waals surface area contributed by atoms with Crippen molar-refractivity contribution < 1.29 is 9.21 Å². The van der Waals surface area contributed by atoms with Crippen LogP contribution in [0.2, 0.25) is 0 Å². The van der Waals surface area contributed by atoms with E-state index in [0.29, 0.717) is 18.5 Å². The largest absolute Gasteiger partial charge is 0.467 e. The second-order valence-electron chi connectivity index (χ2n) is 6.99. The molecule has 0 unspecified atom stereocenters. The van der Waals surface area contributed by atoms with Gasteiger partial charge < -0.3 is 14.6 Å². The number of hydrogen-bond donors (Lipinski definition) is 1. The molecule has 6 nitrogen and oxygen atoms in total. The molecule has 25 heavy (non-hydrogen) atoms. The lowest BCUT2D eigenvalue weighted by atomic mass is 9.95. The van der Waals surface area contributed by atoms with Gasteiger partial charge in [-0.15, -0.1) is 0 Å². The van der Waals surface area contributed by atoms with E-state index in [1.54, 1.807) is 6.26 Å². The van der Waals surface area contributed by atoms with E-state index in [0.717, 1.165) is 44.1 Å². The van der Waals surface area contributed by atoms with Crippen molar-refractivity contribution >= 4 is 6.03 Å². The summed E-state index contributed by atoms with van der Waals surface area (Å²) in [5.41, 5.74) is 1.10. The fourth-order valence-corrected chi connectivity index (χ4v) is 3.93. The van der Waals surface area contributed by atoms with Crippen molar-refractivity contribution in [1.29, 1.82) is 0 Å². The molecule has 3 saturated heterocycles. The van der Waals surface area contributed by atoms with E-state index in [2.05, 4.69) is 21.3 Å². The number of furan rings is 1. The van der Waals surface area contributed by atoms with Crippen LogP contribution in [0.4, 0.5) is 4.79 Å². The highest BCUT2D eigenvalue weighted by Crippen LogP contribution is 2.29. The van der Waals surface area contributed by atoms with Crippen LogP contribution < -0.4 is 5.32 Å². The van der Waals surface area contributed by atoms with E-state index in [9.17, 15) is 4.79 Å². The molecule has 3 fully saturated rings. The van der Waals surface area contributed by atoms with Crippen molar-refractivity contribution in [3.63, 3.8) is 0 Å². The molecule has 2 bridgehead atoms. The summed E-state index contributed by atoms with van der Waals surface area (Å²) in [7, 11) is 0. The Morgan fingerprint density at radius 2 is 2.16 bits per heavy atom. The standard InChI is InChI=1S/C19H24N4O2/c24-19(21-10-18-5-3-9-25-18)23-12-15-6-7-17(14-23)22(11-15)13-16-4-1-2-8-20-16/h1-5,8-9,15,17H,6-7,10-14H2,(H,21,24)/t15-,17-/m1/s1. The average molecular weight is 340 g/mol. The predicted octanol–water partition coefficient (Wildman–Crippen LogP) is 2.48. The molecule has 2 amide bonds. The molecular weight excluding hydrogens is 316 g/mol. The first-order chi connectivity index (χ1) is 12.3. The maximum atomic E-state index is 12.6. The molecule has 5 rings (SSSR count). The molecule has 1 N–H and O–H groups in total. The number of piperidine rings is 1. The van der Waals surface area contributed by atoms with Gasteiger partial charge in [0.15, 0.2) is 0 Å². The van der Waals surface area contributed by atoms with Crippen LogP contribution in [0.25, 0.3) is 0 Å². The number of rotatable bonds is 4. The van der Waals surface area contributed by atoms with Crippen molar-refractivity contribution in [3.05, 3.63) is 54.2 Å². The lowest BCUT2D eigenvalue weighted by Gasteiger charge is -2.35.